The van der Waals surface area contributed by atoms with Gasteiger partial charge in [-0.15, -0.1) is 0 Å². The SMILES string of the molecule is NS(=O)(=O)c1cccc(S(=O)(=O)Nc2ccc(C(F)(F)F)cc2)c1. The van der Waals surface area contributed by atoms with E-state index in [2.05, 4.69) is 4.72 Å². The lowest BCUT2D eigenvalue weighted by Gasteiger charge is -2.11. The van der Waals surface area contributed by atoms with Crippen molar-refractivity contribution in [3.63, 3.8) is 0 Å². The molecule has 0 spiro atoms. The highest BCUT2D eigenvalue weighted by molar-refractivity contribution is 7.93. The zero-order chi connectivity index (χ0) is 18.2. The number of sulfonamides is 2. The number of halogens is 3. The highest BCUT2D eigenvalue weighted by atomic mass is 32.2. The highest BCUT2D eigenvalue weighted by Crippen LogP contribution is 2.30. The van der Waals surface area contributed by atoms with Crippen molar-refractivity contribution in [2.45, 2.75) is 16.0 Å². The number of nitrogens with two attached hydrogens (primary N) is 1. The number of hydrogen-bond acceptors (Lipinski definition) is 4. The van der Waals surface area contributed by atoms with Crippen LogP contribution in [0.15, 0.2) is 58.3 Å². The van der Waals surface area contributed by atoms with Gasteiger partial charge >= 0.3 is 6.18 Å². The summed E-state index contributed by atoms with van der Waals surface area (Å²) in [6, 6.07) is 7.61. The van der Waals surface area contributed by atoms with Crippen LogP contribution in [-0.2, 0) is 26.2 Å². The molecule has 2 aromatic carbocycles. The summed E-state index contributed by atoms with van der Waals surface area (Å²) in [4.78, 5) is -0.799. The Labute approximate surface area is 136 Å². The summed E-state index contributed by atoms with van der Waals surface area (Å²) in [5.41, 5.74) is -1.04. The molecule has 0 aliphatic heterocycles. The maximum absolute atomic E-state index is 12.5. The molecule has 2 aromatic rings. The first-order valence-electron chi connectivity index (χ1n) is 6.22. The monoisotopic (exact) mass is 380 g/mol. The van der Waals surface area contributed by atoms with Crippen molar-refractivity contribution in [1.29, 1.82) is 0 Å². The van der Waals surface area contributed by atoms with E-state index in [0.29, 0.717) is 0 Å². The van der Waals surface area contributed by atoms with Gasteiger partial charge in [0.15, 0.2) is 0 Å². The van der Waals surface area contributed by atoms with E-state index in [1.54, 1.807) is 0 Å². The Hall–Kier alpha value is -2.11. The minimum atomic E-state index is -4.54. The van der Waals surface area contributed by atoms with Crippen LogP contribution >= 0.6 is 0 Å². The summed E-state index contributed by atoms with van der Waals surface area (Å²) >= 11 is 0. The van der Waals surface area contributed by atoms with E-state index in [0.717, 1.165) is 42.5 Å². The van der Waals surface area contributed by atoms with Crippen molar-refractivity contribution in [3.05, 3.63) is 54.1 Å². The van der Waals surface area contributed by atoms with Crippen LogP contribution in [0.2, 0.25) is 0 Å². The fourth-order valence-electron chi connectivity index (χ4n) is 1.76. The third kappa shape index (κ3) is 4.24. The molecule has 0 heterocycles. The Bertz CT molecular complexity index is 953. The fourth-order valence-corrected chi connectivity index (χ4v) is 3.50. The minimum Gasteiger partial charge on any atom is -0.280 e. The summed E-state index contributed by atoms with van der Waals surface area (Å²) < 4.78 is 86.4. The molecule has 0 radical (unpaired) electrons. The van der Waals surface area contributed by atoms with Crippen LogP contribution in [0.25, 0.3) is 0 Å². The number of nitrogens with one attached hydrogen (secondary N) is 1. The third-order valence-electron chi connectivity index (χ3n) is 2.91. The maximum Gasteiger partial charge on any atom is 0.416 e. The molecule has 0 aliphatic carbocycles. The van der Waals surface area contributed by atoms with E-state index < -0.39 is 41.6 Å². The summed E-state index contributed by atoms with van der Waals surface area (Å²) in [5.74, 6) is 0. The molecule has 0 unspecified atom stereocenters. The van der Waals surface area contributed by atoms with Gasteiger partial charge in [0.05, 0.1) is 15.4 Å². The molecule has 0 saturated heterocycles. The quantitative estimate of drug-likeness (QED) is 0.848. The average molecular weight is 380 g/mol. The first-order valence-corrected chi connectivity index (χ1v) is 9.25. The van der Waals surface area contributed by atoms with Crippen LogP contribution in [0.4, 0.5) is 18.9 Å². The minimum absolute atomic E-state index is 0.107. The van der Waals surface area contributed by atoms with Gasteiger partial charge in [-0.25, -0.2) is 22.0 Å². The van der Waals surface area contributed by atoms with Gasteiger partial charge in [0, 0.05) is 5.69 Å². The van der Waals surface area contributed by atoms with Gasteiger partial charge in [0.1, 0.15) is 0 Å². The first-order chi connectivity index (χ1) is 10.9. The van der Waals surface area contributed by atoms with Crippen molar-refractivity contribution in [3.8, 4) is 0 Å². The number of primary sulfonamides is 1. The molecular weight excluding hydrogens is 369 g/mol. The second-order valence-corrected chi connectivity index (χ2v) is 7.94. The molecule has 2 rings (SSSR count). The van der Waals surface area contributed by atoms with Gasteiger partial charge in [-0.2, -0.15) is 13.2 Å². The number of benzene rings is 2. The largest absolute Gasteiger partial charge is 0.416 e. The molecule has 0 saturated carbocycles. The van der Waals surface area contributed by atoms with E-state index in [-0.39, 0.29) is 5.69 Å². The van der Waals surface area contributed by atoms with Crippen molar-refractivity contribution in [2.24, 2.45) is 5.14 Å². The van der Waals surface area contributed by atoms with Crippen LogP contribution in [0.3, 0.4) is 0 Å². The van der Waals surface area contributed by atoms with Gasteiger partial charge in [0.2, 0.25) is 10.0 Å². The normalized spacial score (nSPS) is 12.8. The molecule has 11 heteroatoms. The predicted molar refractivity (Wildman–Crippen MR) is 80.1 cm³/mol. The van der Waals surface area contributed by atoms with E-state index in [4.69, 9.17) is 5.14 Å². The van der Waals surface area contributed by atoms with Crippen molar-refractivity contribution in [2.75, 3.05) is 4.72 Å². The van der Waals surface area contributed by atoms with E-state index >= 15 is 0 Å². The lowest BCUT2D eigenvalue weighted by molar-refractivity contribution is -0.137. The molecule has 0 atom stereocenters. The Balaban J connectivity index is 2.32. The number of anilines is 1. The second-order valence-electron chi connectivity index (χ2n) is 4.70. The van der Waals surface area contributed by atoms with Crippen LogP contribution < -0.4 is 9.86 Å². The second kappa shape index (κ2) is 6.07. The molecule has 24 heavy (non-hydrogen) atoms. The van der Waals surface area contributed by atoms with Gasteiger partial charge in [-0.05, 0) is 42.5 Å². The third-order valence-corrected chi connectivity index (χ3v) is 5.20. The predicted octanol–water partition coefficient (Wildman–Crippen LogP) is 2.15. The molecule has 0 bridgehead atoms. The van der Waals surface area contributed by atoms with Crippen molar-refractivity contribution >= 4 is 25.7 Å². The van der Waals surface area contributed by atoms with Crippen LogP contribution in [0.5, 0.6) is 0 Å². The summed E-state index contributed by atoms with van der Waals surface area (Å²) in [6.07, 6.45) is -4.54. The topological polar surface area (TPSA) is 106 Å². The summed E-state index contributed by atoms with van der Waals surface area (Å²) in [6.45, 7) is 0. The summed E-state index contributed by atoms with van der Waals surface area (Å²) in [5, 5.41) is 4.93. The Morgan fingerprint density at radius 3 is 1.92 bits per heavy atom. The number of alkyl halides is 3. The lowest BCUT2D eigenvalue weighted by Crippen LogP contribution is -2.16. The molecule has 6 nitrogen and oxygen atoms in total. The van der Waals surface area contributed by atoms with Gasteiger partial charge < -0.3 is 0 Å². The van der Waals surface area contributed by atoms with Crippen molar-refractivity contribution < 1.29 is 30.0 Å². The average Bonchev–Trinajstić information content (AvgIpc) is 2.46. The van der Waals surface area contributed by atoms with Crippen LogP contribution in [0.1, 0.15) is 5.56 Å². The van der Waals surface area contributed by atoms with E-state index in [1.165, 1.54) is 6.07 Å². The van der Waals surface area contributed by atoms with Crippen LogP contribution in [-0.4, -0.2) is 16.8 Å². The number of hydrogen-bond donors (Lipinski definition) is 2. The first kappa shape index (κ1) is 18.2. The zero-order valence-electron chi connectivity index (χ0n) is 11.8. The maximum atomic E-state index is 12.5. The zero-order valence-corrected chi connectivity index (χ0v) is 13.4. The Kier molecular flexibility index (Phi) is 4.61. The lowest BCUT2D eigenvalue weighted by atomic mass is 10.2. The molecule has 130 valence electrons. The molecule has 3 N–H and O–H groups in total. The Morgan fingerprint density at radius 1 is 0.875 bits per heavy atom. The van der Waals surface area contributed by atoms with E-state index in [9.17, 15) is 30.0 Å². The summed E-state index contributed by atoms with van der Waals surface area (Å²) in [7, 11) is -8.29. The van der Waals surface area contributed by atoms with Crippen LogP contribution in [0, 0.1) is 0 Å². The molecular formula is C13H11F3N2O4S2. The fraction of sp³-hybridized carbons (Fsp3) is 0.0769. The highest BCUT2D eigenvalue weighted by Gasteiger charge is 2.30. The molecule has 0 fully saturated rings. The molecule has 0 aromatic heterocycles. The molecule has 0 amide bonds. The van der Waals surface area contributed by atoms with Gasteiger partial charge in [-0.1, -0.05) is 6.07 Å². The Morgan fingerprint density at radius 2 is 1.42 bits per heavy atom. The molecule has 0 aliphatic rings. The van der Waals surface area contributed by atoms with Gasteiger partial charge in [0.25, 0.3) is 10.0 Å². The number of rotatable bonds is 4. The van der Waals surface area contributed by atoms with E-state index in [1.807, 2.05) is 0 Å². The standard InChI is InChI=1S/C13H11F3N2O4S2/c14-13(15,16)9-4-6-10(7-5-9)18-24(21,22)12-3-1-2-11(8-12)23(17,19)20/h1-8,18H,(H2,17,19,20). The van der Waals surface area contributed by atoms with Crippen molar-refractivity contribution in [1.82, 2.24) is 0 Å². The van der Waals surface area contributed by atoms with Gasteiger partial charge in [-0.3, -0.25) is 4.72 Å². The smallest absolute Gasteiger partial charge is 0.280 e.